The highest BCUT2D eigenvalue weighted by Crippen LogP contribution is 2.34. The third kappa shape index (κ3) is 2.76. The predicted octanol–water partition coefficient (Wildman–Crippen LogP) is 5.81. The molecule has 3 rings (SSSR count). The molecule has 2 aromatic heterocycles. The maximum atomic E-state index is 6.19. The first kappa shape index (κ1) is 14.1. The normalized spacial score (nSPS) is 11.0. The topological polar surface area (TPSA) is 37.8 Å². The van der Waals surface area contributed by atoms with Gasteiger partial charge in [-0.05, 0) is 42.8 Å². The van der Waals surface area contributed by atoms with Crippen LogP contribution in [0.15, 0.2) is 28.7 Å². The molecule has 0 aliphatic carbocycles. The fraction of sp³-hybridized carbons (Fsp3) is 0.0769. The first-order valence-electron chi connectivity index (χ1n) is 5.69. The third-order valence-corrected chi connectivity index (χ3v) is 4.61. The highest BCUT2D eigenvalue weighted by atomic mass is 79.9. The lowest BCUT2D eigenvalue weighted by atomic mass is 10.3. The van der Waals surface area contributed by atoms with Gasteiger partial charge in [0.05, 0.1) is 16.1 Å². The molecule has 0 fully saturated rings. The lowest BCUT2D eigenvalue weighted by Gasteiger charge is -2.09. The van der Waals surface area contributed by atoms with Crippen LogP contribution in [0, 0.1) is 6.92 Å². The number of hydrogen-bond donors (Lipinski definition) is 1. The van der Waals surface area contributed by atoms with E-state index in [1.54, 1.807) is 11.3 Å². The molecule has 0 amide bonds. The summed E-state index contributed by atoms with van der Waals surface area (Å²) in [5.74, 6) is 0.657. The molecule has 0 saturated carbocycles. The highest BCUT2D eigenvalue weighted by molar-refractivity contribution is 9.10. The van der Waals surface area contributed by atoms with E-state index in [4.69, 9.17) is 23.2 Å². The molecule has 102 valence electrons. The molecule has 0 aliphatic rings. The molecule has 0 bridgehead atoms. The fourth-order valence-corrected chi connectivity index (χ4v) is 3.46. The number of nitrogens with one attached hydrogen (secondary N) is 1. The van der Waals surface area contributed by atoms with Crippen molar-refractivity contribution in [2.24, 2.45) is 0 Å². The van der Waals surface area contributed by atoms with Crippen LogP contribution in [0.3, 0.4) is 0 Å². The van der Waals surface area contributed by atoms with Crippen molar-refractivity contribution in [2.75, 3.05) is 5.32 Å². The molecule has 0 atom stereocenters. The van der Waals surface area contributed by atoms with Gasteiger partial charge in [-0.15, -0.1) is 11.3 Å². The molecule has 0 saturated heterocycles. The number of halogens is 3. The minimum atomic E-state index is 0.216. The van der Waals surface area contributed by atoms with Gasteiger partial charge in [0.1, 0.15) is 10.6 Å². The Bertz CT molecular complexity index is 804. The standard InChI is InChI=1S/C13H8BrCl2N3S/c1-6-4-8-11(18-13(16)19-12(8)20-6)17-10-5-7(14)2-3-9(10)15/h2-5H,1H3,(H,17,18,19). The number of nitrogens with zero attached hydrogens (tertiary/aromatic N) is 2. The quantitative estimate of drug-likeness (QED) is 0.562. The van der Waals surface area contributed by atoms with E-state index in [0.29, 0.717) is 10.8 Å². The van der Waals surface area contributed by atoms with Gasteiger partial charge in [0.25, 0.3) is 0 Å². The predicted molar refractivity (Wildman–Crippen MR) is 89.6 cm³/mol. The van der Waals surface area contributed by atoms with Crippen LogP contribution in [0.5, 0.6) is 0 Å². The zero-order valence-electron chi connectivity index (χ0n) is 10.2. The number of hydrogen-bond acceptors (Lipinski definition) is 4. The van der Waals surface area contributed by atoms with E-state index in [2.05, 4.69) is 31.2 Å². The van der Waals surface area contributed by atoms with Crippen molar-refractivity contribution < 1.29 is 0 Å². The first-order valence-corrected chi connectivity index (χ1v) is 8.05. The Hall–Kier alpha value is -0.880. The summed E-state index contributed by atoms with van der Waals surface area (Å²) in [5.41, 5.74) is 0.765. The van der Waals surface area contributed by atoms with Crippen LogP contribution < -0.4 is 5.32 Å². The zero-order chi connectivity index (χ0) is 14.3. The number of rotatable bonds is 2. The van der Waals surface area contributed by atoms with Crippen LogP contribution >= 0.6 is 50.5 Å². The van der Waals surface area contributed by atoms with Crippen molar-refractivity contribution in [3.63, 3.8) is 0 Å². The summed E-state index contributed by atoms with van der Waals surface area (Å²) in [4.78, 5) is 10.5. The minimum absolute atomic E-state index is 0.216. The van der Waals surface area contributed by atoms with Crippen LogP contribution in [-0.4, -0.2) is 9.97 Å². The molecule has 0 spiro atoms. The molecule has 2 heterocycles. The summed E-state index contributed by atoms with van der Waals surface area (Å²) in [6.45, 7) is 2.02. The maximum absolute atomic E-state index is 6.19. The maximum Gasteiger partial charge on any atom is 0.225 e. The second-order valence-corrected chi connectivity index (χ2v) is 7.06. The van der Waals surface area contributed by atoms with Crippen molar-refractivity contribution in [1.82, 2.24) is 9.97 Å². The Morgan fingerprint density at radius 1 is 1.20 bits per heavy atom. The molecule has 7 heteroatoms. The largest absolute Gasteiger partial charge is 0.338 e. The molecule has 20 heavy (non-hydrogen) atoms. The van der Waals surface area contributed by atoms with Gasteiger partial charge in [0, 0.05) is 9.35 Å². The van der Waals surface area contributed by atoms with E-state index in [1.807, 2.05) is 31.2 Å². The van der Waals surface area contributed by atoms with Gasteiger partial charge in [0.2, 0.25) is 5.28 Å². The van der Waals surface area contributed by atoms with Crippen LogP contribution in [0.4, 0.5) is 11.5 Å². The SMILES string of the molecule is Cc1cc2c(Nc3cc(Br)ccc3Cl)nc(Cl)nc2s1. The number of anilines is 2. The molecule has 3 aromatic rings. The van der Waals surface area contributed by atoms with Crippen LogP contribution in [0.1, 0.15) is 4.88 Å². The Balaban J connectivity index is 2.12. The third-order valence-electron chi connectivity index (χ3n) is 2.67. The number of aromatic nitrogens is 2. The number of thiophene rings is 1. The molecule has 1 aromatic carbocycles. The lowest BCUT2D eigenvalue weighted by molar-refractivity contribution is 1.23. The summed E-state index contributed by atoms with van der Waals surface area (Å²) in [6, 6.07) is 7.62. The number of benzene rings is 1. The first-order chi connectivity index (χ1) is 9.52. The zero-order valence-corrected chi connectivity index (χ0v) is 14.2. The van der Waals surface area contributed by atoms with Gasteiger partial charge in [-0.25, -0.2) is 4.98 Å². The average molecular weight is 389 g/mol. The minimum Gasteiger partial charge on any atom is -0.338 e. The summed E-state index contributed by atoms with van der Waals surface area (Å²) in [5, 5.41) is 4.99. The van der Waals surface area contributed by atoms with Crippen molar-refractivity contribution >= 4 is 72.2 Å². The molecule has 0 aliphatic heterocycles. The van der Waals surface area contributed by atoms with E-state index in [9.17, 15) is 0 Å². The second-order valence-electron chi connectivity index (χ2n) is 4.17. The summed E-state index contributed by atoms with van der Waals surface area (Å²) >= 11 is 17.2. The Labute approximate surface area is 138 Å². The Morgan fingerprint density at radius 3 is 2.80 bits per heavy atom. The van der Waals surface area contributed by atoms with E-state index < -0.39 is 0 Å². The highest BCUT2D eigenvalue weighted by Gasteiger charge is 2.11. The van der Waals surface area contributed by atoms with Crippen LogP contribution in [-0.2, 0) is 0 Å². The molecule has 0 unspecified atom stereocenters. The van der Waals surface area contributed by atoms with Crippen LogP contribution in [0.25, 0.3) is 10.2 Å². The molecular weight excluding hydrogens is 381 g/mol. The van der Waals surface area contributed by atoms with E-state index in [-0.39, 0.29) is 5.28 Å². The van der Waals surface area contributed by atoms with Gasteiger partial charge in [-0.1, -0.05) is 27.5 Å². The van der Waals surface area contributed by atoms with Gasteiger partial charge in [-0.3, -0.25) is 0 Å². The van der Waals surface area contributed by atoms with Gasteiger partial charge in [0.15, 0.2) is 0 Å². The Kier molecular flexibility index (Phi) is 3.86. The van der Waals surface area contributed by atoms with Gasteiger partial charge in [-0.2, -0.15) is 4.98 Å². The summed E-state index contributed by atoms with van der Waals surface area (Å²) in [7, 11) is 0. The lowest BCUT2D eigenvalue weighted by Crippen LogP contribution is -1.96. The smallest absolute Gasteiger partial charge is 0.225 e. The van der Waals surface area contributed by atoms with Crippen molar-refractivity contribution in [3.8, 4) is 0 Å². The van der Waals surface area contributed by atoms with Crippen molar-refractivity contribution in [1.29, 1.82) is 0 Å². The van der Waals surface area contributed by atoms with E-state index >= 15 is 0 Å². The number of fused-ring (bicyclic) bond motifs is 1. The second kappa shape index (κ2) is 5.48. The van der Waals surface area contributed by atoms with Crippen molar-refractivity contribution in [2.45, 2.75) is 6.92 Å². The monoisotopic (exact) mass is 387 g/mol. The summed E-state index contributed by atoms with van der Waals surface area (Å²) in [6.07, 6.45) is 0. The molecule has 3 nitrogen and oxygen atoms in total. The van der Waals surface area contributed by atoms with Crippen LogP contribution in [0.2, 0.25) is 10.3 Å². The van der Waals surface area contributed by atoms with Crippen molar-refractivity contribution in [3.05, 3.63) is 43.9 Å². The molecule has 0 radical (unpaired) electrons. The average Bonchev–Trinajstić information content (AvgIpc) is 2.74. The summed E-state index contributed by atoms with van der Waals surface area (Å²) < 4.78 is 0.933. The Morgan fingerprint density at radius 2 is 2.00 bits per heavy atom. The molecule has 1 N–H and O–H groups in total. The van der Waals surface area contributed by atoms with Gasteiger partial charge >= 0.3 is 0 Å². The molecular formula is C13H8BrCl2N3S. The fourth-order valence-electron chi connectivity index (χ4n) is 1.83. The number of aryl methyl sites for hydroxylation is 1. The van der Waals surface area contributed by atoms with Gasteiger partial charge < -0.3 is 5.32 Å². The van der Waals surface area contributed by atoms with E-state index in [1.165, 1.54) is 0 Å². The van der Waals surface area contributed by atoms with E-state index in [0.717, 1.165) is 25.3 Å².